The molecule has 0 spiro atoms. The Morgan fingerprint density at radius 1 is 1.07 bits per heavy atom. The zero-order chi connectivity index (χ0) is 30.5. The van der Waals surface area contributed by atoms with E-state index in [1.807, 2.05) is 0 Å². The SMILES string of the molecule is NC(=O)c1nn(CC(=O)N2[C@@H]3C[C@@H]3C[C@H]2C(=O)Nc2ccn(CC(F)(F)F)n2)c2ccc(C#Cc3ncc(F)cn3)cc12. The predicted octanol–water partition coefficient (Wildman–Crippen LogP) is 1.85. The molecular formula is C27H21F4N9O3. The van der Waals surface area contributed by atoms with Crippen LogP contribution in [-0.2, 0) is 22.7 Å². The summed E-state index contributed by atoms with van der Waals surface area (Å²) >= 11 is 0. The molecule has 3 atom stereocenters. The van der Waals surface area contributed by atoms with Crippen molar-refractivity contribution in [1.29, 1.82) is 0 Å². The second-order valence-corrected chi connectivity index (χ2v) is 10.2. The molecule has 220 valence electrons. The highest BCUT2D eigenvalue weighted by molar-refractivity contribution is 6.05. The van der Waals surface area contributed by atoms with Gasteiger partial charge < -0.3 is 16.0 Å². The van der Waals surface area contributed by atoms with Crippen molar-refractivity contribution < 1.29 is 31.9 Å². The number of rotatable bonds is 6. The number of carbonyl (C=O) groups excluding carboxylic acids is 3. The van der Waals surface area contributed by atoms with Crippen LogP contribution in [0, 0.1) is 23.6 Å². The van der Waals surface area contributed by atoms with Gasteiger partial charge in [0, 0.05) is 29.3 Å². The Morgan fingerprint density at radius 2 is 1.84 bits per heavy atom. The van der Waals surface area contributed by atoms with Crippen LogP contribution in [0.25, 0.3) is 10.9 Å². The van der Waals surface area contributed by atoms with E-state index in [-0.39, 0.29) is 35.8 Å². The molecule has 4 aromatic rings. The van der Waals surface area contributed by atoms with Crippen LogP contribution in [0.2, 0.25) is 0 Å². The lowest BCUT2D eigenvalue weighted by Gasteiger charge is -2.26. The van der Waals surface area contributed by atoms with Crippen molar-refractivity contribution in [3.63, 3.8) is 0 Å². The monoisotopic (exact) mass is 595 g/mol. The lowest BCUT2D eigenvalue weighted by molar-refractivity contribution is -0.142. The quantitative estimate of drug-likeness (QED) is 0.255. The molecule has 1 saturated heterocycles. The number of anilines is 1. The number of alkyl halides is 3. The van der Waals surface area contributed by atoms with Gasteiger partial charge in [-0.3, -0.25) is 23.7 Å². The van der Waals surface area contributed by atoms with Crippen LogP contribution in [0.1, 0.15) is 34.7 Å². The minimum atomic E-state index is -4.47. The average molecular weight is 596 g/mol. The van der Waals surface area contributed by atoms with Crippen molar-refractivity contribution in [3.8, 4) is 11.8 Å². The first-order valence-electron chi connectivity index (χ1n) is 13.0. The van der Waals surface area contributed by atoms with Crippen molar-refractivity contribution in [1.82, 2.24) is 34.4 Å². The largest absolute Gasteiger partial charge is 0.408 e. The van der Waals surface area contributed by atoms with Gasteiger partial charge in [-0.15, -0.1) is 0 Å². The highest BCUT2D eigenvalue weighted by Crippen LogP contribution is 2.48. The van der Waals surface area contributed by atoms with Gasteiger partial charge in [0.05, 0.1) is 17.9 Å². The van der Waals surface area contributed by atoms with Crippen molar-refractivity contribution in [2.75, 3.05) is 5.32 Å². The smallest absolute Gasteiger partial charge is 0.364 e. The lowest BCUT2D eigenvalue weighted by atomic mass is 10.1. The number of nitrogens with two attached hydrogens (primary N) is 1. The zero-order valence-electron chi connectivity index (χ0n) is 22.0. The summed E-state index contributed by atoms with van der Waals surface area (Å²) in [6.07, 6.45) is -0.277. The summed E-state index contributed by atoms with van der Waals surface area (Å²) < 4.78 is 53.0. The second-order valence-electron chi connectivity index (χ2n) is 10.2. The van der Waals surface area contributed by atoms with Crippen LogP contribution in [0.4, 0.5) is 23.4 Å². The summed E-state index contributed by atoms with van der Waals surface area (Å²) in [6, 6.07) is 5.06. The number of nitrogens with zero attached hydrogens (tertiary/aromatic N) is 7. The Morgan fingerprint density at radius 3 is 2.56 bits per heavy atom. The van der Waals surface area contributed by atoms with Crippen molar-refractivity contribution >= 4 is 34.4 Å². The number of amides is 3. The summed E-state index contributed by atoms with van der Waals surface area (Å²) in [4.78, 5) is 47.8. The molecule has 1 aliphatic heterocycles. The number of benzene rings is 1. The van der Waals surface area contributed by atoms with Gasteiger partial charge in [0.25, 0.3) is 5.91 Å². The molecule has 3 amide bonds. The topological polar surface area (TPSA) is 154 Å². The third-order valence-corrected chi connectivity index (χ3v) is 7.14. The summed E-state index contributed by atoms with van der Waals surface area (Å²) in [6.45, 7) is -1.60. The number of hydrogen-bond donors (Lipinski definition) is 2. The van der Waals surface area contributed by atoms with E-state index in [4.69, 9.17) is 5.73 Å². The zero-order valence-corrected chi connectivity index (χ0v) is 22.0. The molecule has 3 N–H and O–H groups in total. The molecule has 1 saturated carbocycles. The van der Waals surface area contributed by atoms with Crippen LogP contribution >= 0.6 is 0 Å². The van der Waals surface area contributed by atoms with E-state index in [2.05, 4.69) is 37.3 Å². The Kier molecular flexibility index (Phi) is 6.79. The maximum atomic E-state index is 13.5. The fourth-order valence-corrected chi connectivity index (χ4v) is 5.23. The molecule has 4 heterocycles. The molecule has 1 aliphatic carbocycles. The molecule has 0 bridgehead atoms. The lowest BCUT2D eigenvalue weighted by Crippen LogP contribution is -2.46. The van der Waals surface area contributed by atoms with Crippen molar-refractivity contribution in [2.24, 2.45) is 11.7 Å². The standard InChI is InChI=1S/C27H21F4N9O3/c28-16-10-33-21(34-11-16)4-2-14-1-3-18-17(7-14)24(25(32)42)37-39(18)12-23(41)40-19-8-15(19)9-20(40)26(43)35-22-5-6-38(36-22)13-27(29,30)31/h1,3,5-7,10-11,15,19-20H,8-9,12-13H2,(H2,32,42)(H,35,36,43)/t15-,19-,20+/m1/s1. The molecule has 3 aromatic heterocycles. The van der Waals surface area contributed by atoms with Crippen LogP contribution in [0.15, 0.2) is 42.9 Å². The van der Waals surface area contributed by atoms with Crippen molar-refractivity contribution in [2.45, 2.75) is 44.2 Å². The van der Waals surface area contributed by atoms with E-state index in [0.717, 1.165) is 25.0 Å². The summed E-state index contributed by atoms with van der Waals surface area (Å²) in [7, 11) is 0. The number of hydrogen-bond acceptors (Lipinski definition) is 7. The highest BCUT2D eigenvalue weighted by atomic mass is 19.4. The number of halogens is 4. The number of piperidine rings is 1. The van der Waals surface area contributed by atoms with Gasteiger partial charge in [-0.1, -0.05) is 5.92 Å². The van der Waals surface area contributed by atoms with E-state index in [1.54, 1.807) is 18.2 Å². The van der Waals surface area contributed by atoms with Crippen LogP contribution < -0.4 is 11.1 Å². The third-order valence-electron chi connectivity index (χ3n) is 7.14. The number of primary amides is 1. The van der Waals surface area contributed by atoms with E-state index in [9.17, 15) is 31.9 Å². The molecule has 0 radical (unpaired) electrons. The molecular weight excluding hydrogens is 574 g/mol. The Hall–Kier alpha value is -5.33. The van der Waals surface area contributed by atoms with Gasteiger partial charge in [0.15, 0.2) is 17.3 Å². The van der Waals surface area contributed by atoms with Gasteiger partial charge in [-0.2, -0.15) is 23.4 Å². The molecule has 43 heavy (non-hydrogen) atoms. The van der Waals surface area contributed by atoms with E-state index in [0.29, 0.717) is 27.6 Å². The first-order chi connectivity index (χ1) is 20.4. The first kappa shape index (κ1) is 27.8. The number of fused-ring (bicyclic) bond motifs is 2. The Bertz CT molecular complexity index is 1820. The summed E-state index contributed by atoms with van der Waals surface area (Å²) in [5.74, 6) is 3.27. The average Bonchev–Trinajstić information content (AvgIpc) is 3.24. The third kappa shape index (κ3) is 5.87. The summed E-state index contributed by atoms with van der Waals surface area (Å²) in [5, 5.41) is 10.8. The maximum absolute atomic E-state index is 13.5. The van der Waals surface area contributed by atoms with Crippen LogP contribution in [-0.4, -0.2) is 70.4 Å². The fourth-order valence-electron chi connectivity index (χ4n) is 5.23. The van der Waals surface area contributed by atoms with Gasteiger partial charge in [-0.25, -0.2) is 14.4 Å². The molecule has 16 heteroatoms. The Balaban J connectivity index is 1.20. The maximum Gasteiger partial charge on any atom is 0.408 e. The number of nitrogens with one attached hydrogen (secondary N) is 1. The molecule has 6 rings (SSSR count). The fraction of sp³-hybridized carbons (Fsp3) is 0.296. The van der Waals surface area contributed by atoms with Gasteiger partial charge >= 0.3 is 6.18 Å². The van der Waals surface area contributed by atoms with Crippen molar-refractivity contribution in [3.05, 3.63) is 65.8 Å². The number of aromatic nitrogens is 6. The number of carbonyl (C=O) groups is 3. The molecule has 1 aromatic carbocycles. The van der Waals surface area contributed by atoms with E-state index >= 15 is 0 Å². The minimum Gasteiger partial charge on any atom is -0.364 e. The van der Waals surface area contributed by atoms with Crippen LogP contribution in [0.5, 0.6) is 0 Å². The minimum absolute atomic E-state index is 0.0590. The predicted molar refractivity (Wildman–Crippen MR) is 140 cm³/mol. The molecule has 2 aliphatic rings. The van der Waals surface area contributed by atoms with Crippen LogP contribution in [0.3, 0.4) is 0 Å². The normalized spacial score (nSPS) is 19.1. The highest BCUT2D eigenvalue weighted by Gasteiger charge is 2.56. The van der Waals surface area contributed by atoms with Gasteiger partial charge in [-0.05, 0) is 42.9 Å². The first-order valence-corrected chi connectivity index (χ1v) is 13.0. The molecule has 0 unspecified atom stereocenters. The van der Waals surface area contributed by atoms with E-state index in [1.165, 1.54) is 15.6 Å². The molecule has 12 nitrogen and oxygen atoms in total. The van der Waals surface area contributed by atoms with Gasteiger partial charge in [0.1, 0.15) is 19.1 Å². The molecule has 2 fully saturated rings. The summed E-state index contributed by atoms with van der Waals surface area (Å²) in [5.41, 5.74) is 6.35. The Labute approximate surface area is 239 Å². The number of likely N-dealkylation sites (tertiary alicyclic amines) is 1. The second kappa shape index (κ2) is 10.5. The van der Waals surface area contributed by atoms with E-state index < -0.39 is 42.3 Å². The van der Waals surface area contributed by atoms with Gasteiger partial charge in [0.2, 0.25) is 17.6 Å².